The number of likely N-dealkylation sites (tertiary alicyclic amines) is 1. The number of carboxylic acids is 1. The first kappa shape index (κ1) is 36.3. The molecule has 12 heteroatoms. The number of halogens is 1. The van der Waals surface area contributed by atoms with Crippen molar-refractivity contribution in [1.29, 1.82) is 5.41 Å². The molecule has 1 aromatic rings. The summed E-state index contributed by atoms with van der Waals surface area (Å²) in [6.07, 6.45) is 7.06. The number of nitrogens with one attached hydrogen (secondary N) is 3. The number of aliphatic hydroxyl groups is 1. The van der Waals surface area contributed by atoms with Gasteiger partial charge in [0, 0.05) is 33.2 Å². The number of aryl methyl sites for hydroxylation is 1. The van der Waals surface area contributed by atoms with Crippen molar-refractivity contribution in [2.75, 3.05) is 26.2 Å². The van der Waals surface area contributed by atoms with Crippen molar-refractivity contribution < 1.29 is 24.6 Å². The van der Waals surface area contributed by atoms with Crippen LogP contribution in [0.15, 0.2) is 30.3 Å². The highest BCUT2D eigenvalue weighted by Crippen LogP contribution is 2.25. The minimum atomic E-state index is -1.13. The number of amides is 1. The Bertz CT molecular complexity index is 856. The molecular weight excluding hydrogens is 524 g/mol. The number of aliphatic carboxylic acids is 1. The molecule has 1 fully saturated rings. The van der Waals surface area contributed by atoms with Crippen LogP contribution in [0.2, 0.25) is 0 Å². The molecule has 1 aromatic carbocycles. The number of hydrogen-bond donors (Lipinski definition) is 7. The number of nitrogens with two attached hydrogens (primary N) is 2. The van der Waals surface area contributed by atoms with Gasteiger partial charge in [0.05, 0.1) is 0 Å². The molecule has 2 atom stereocenters. The minimum Gasteiger partial charge on any atom is -0.480 e. The van der Waals surface area contributed by atoms with E-state index in [2.05, 4.69) is 41.3 Å². The highest BCUT2D eigenvalue weighted by molar-refractivity contribution is 6.62. The van der Waals surface area contributed by atoms with E-state index in [1.807, 2.05) is 23.1 Å². The van der Waals surface area contributed by atoms with Gasteiger partial charge in [-0.3, -0.25) is 19.9 Å². The van der Waals surface area contributed by atoms with Crippen LogP contribution in [-0.2, 0) is 20.8 Å². The topological polar surface area (TPSA) is 195 Å². The number of nitrogens with zero attached hydrogens (tertiary/aromatic N) is 1. The number of rotatable bonds is 14. The van der Waals surface area contributed by atoms with E-state index < -0.39 is 23.6 Å². The molecule has 1 heterocycles. The van der Waals surface area contributed by atoms with Crippen molar-refractivity contribution in [1.82, 2.24) is 15.5 Å². The van der Waals surface area contributed by atoms with E-state index in [1.165, 1.54) is 12.5 Å². The third-order valence-electron chi connectivity index (χ3n) is 6.03. The van der Waals surface area contributed by atoms with Gasteiger partial charge in [0.25, 0.3) is 5.91 Å². The van der Waals surface area contributed by atoms with Crippen molar-refractivity contribution in [2.24, 2.45) is 11.5 Å². The average Bonchev–Trinajstić information content (AvgIpc) is 3.26. The number of hydrogen-bond acceptors (Lipinski definition) is 7. The molecule has 0 saturated carbocycles. The van der Waals surface area contributed by atoms with Gasteiger partial charge in [-0.05, 0) is 62.1 Å². The number of guanidine groups is 1. The standard InChI is InChI=1S/C16H32N6O3.C9H12O.C2H3ClO/c1-2-3-4-10-22-11-6-8-16(22,19)14(25)21-12(13(23)24)7-5-9-20-15(17)18;10-8-4-7-9-5-2-1-3-6-9;1-2(3)4/h12H,2-11,19H2,1H3,(H,21,25)(H,23,24)(H4,17,18,20);1-3,5-6,10H,4,7-8H2;1H3/t12?,16-;;/m0../s1. The lowest BCUT2D eigenvalue weighted by molar-refractivity contribution is -0.144. The van der Waals surface area contributed by atoms with Crippen molar-refractivity contribution >= 4 is 34.7 Å². The van der Waals surface area contributed by atoms with Gasteiger partial charge in [-0.15, -0.1) is 0 Å². The van der Waals surface area contributed by atoms with E-state index in [0.717, 1.165) is 51.6 Å². The Labute approximate surface area is 237 Å². The van der Waals surface area contributed by atoms with Crippen LogP contribution in [0.5, 0.6) is 0 Å². The molecule has 222 valence electrons. The summed E-state index contributed by atoms with van der Waals surface area (Å²) in [4.78, 5) is 35.2. The van der Waals surface area contributed by atoms with Crippen LogP contribution < -0.4 is 22.1 Å². The fourth-order valence-electron chi connectivity index (χ4n) is 4.02. The molecule has 1 saturated heterocycles. The number of carbonyl (C=O) groups excluding carboxylic acids is 2. The van der Waals surface area contributed by atoms with E-state index in [4.69, 9.17) is 22.0 Å². The number of aliphatic hydroxyl groups excluding tert-OH is 1. The molecule has 2 rings (SSSR count). The maximum absolute atomic E-state index is 12.7. The zero-order valence-electron chi connectivity index (χ0n) is 23.3. The van der Waals surface area contributed by atoms with E-state index in [1.54, 1.807) is 0 Å². The van der Waals surface area contributed by atoms with Gasteiger partial charge in [-0.1, -0.05) is 50.1 Å². The lowest BCUT2D eigenvalue weighted by atomic mass is 10.0. The Morgan fingerprint density at radius 2 is 1.82 bits per heavy atom. The Balaban J connectivity index is 0.000000842. The zero-order chi connectivity index (χ0) is 29.7. The normalized spacial score (nSPS) is 17.1. The summed E-state index contributed by atoms with van der Waals surface area (Å²) < 4.78 is 0. The molecule has 11 nitrogen and oxygen atoms in total. The monoisotopic (exact) mass is 570 g/mol. The van der Waals surface area contributed by atoms with Crippen molar-refractivity contribution in [3.05, 3.63) is 35.9 Å². The van der Waals surface area contributed by atoms with Gasteiger partial charge in [0.1, 0.15) is 11.7 Å². The molecule has 0 aliphatic carbocycles. The number of carboxylic acid groups (broad SMARTS) is 1. The fourth-order valence-corrected chi connectivity index (χ4v) is 4.02. The summed E-state index contributed by atoms with van der Waals surface area (Å²) in [5.41, 5.74) is 11.7. The average molecular weight is 571 g/mol. The van der Waals surface area contributed by atoms with Crippen LogP contribution in [0.3, 0.4) is 0 Å². The maximum Gasteiger partial charge on any atom is 0.326 e. The van der Waals surface area contributed by atoms with Crippen LogP contribution in [0, 0.1) is 5.41 Å². The predicted molar refractivity (Wildman–Crippen MR) is 154 cm³/mol. The van der Waals surface area contributed by atoms with Crippen molar-refractivity contribution in [3.8, 4) is 0 Å². The highest BCUT2D eigenvalue weighted by Gasteiger charge is 2.44. The van der Waals surface area contributed by atoms with Crippen molar-refractivity contribution in [2.45, 2.75) is 83.3 Å². The zero-order valence-corrected chi connectivity index (χ0v) is 24.0. The molecule has 1 aliphatic rings. The Hall–Kier alpha value is -2.73. The van der Waals surface area contributed by atoms with E-state index in [0.29, 0.717) is 19.4 Å². The largest absolute Gasteiger partial charge is 0.480 e. The van der Waals surface area contributed by atoms with Crippen LogP contribution in [0.25, 0.3) is 0 Å². The first-order valence-electron chi connectivity index (χ1n) is 13.4. The fraction of sp³-hybridized carbons (Fsp3) is 0.630. The van der Waals surface area contributed by atoms with Gasteiger partial charge >= 0.3 is 5.97 Å². The molecule has 0 spiro atoms. The summed E-state index contributed by atoms with van der Waals surface area (Å²) >= 11 is 4.64. The summed E-state index contributed by atoms with van der Waals surface area (Å²) in [7, 11) is 0. The maximum atomic E-state index is 12.7. The van der Waals surface area contributed by atoms with E-state index >= 15 is 0 Å². The Morgan fingerprint density at radius 3 is 2.36 bits per heavy atom. The van der Waals surface area contributed by atoms with Gasteiger partial charge in [0.15, 0.2) is 5.96 Å². The van der Waals surface area contributed by atoms with Gasteiger partial charge in [-0.25, -0.2) is 4.79 Å². The quantitative estimate of drug-likeness (QED) is 0.0758. The third kappa shape index (κ3) is 16.8. The smallest absolute Gasteiger partial charge is 0.326 e. The van der Waals surface area contributed by atoms with Gasteiger partial charge in [-0.2, -0.15) is 0 Å². The second kappa shape index (κ2) is 21.1. The van der Waals surface area contributed by atoms with Gasteiger partial charge < -0.3 is 32.3 Å². The Morgan fingerprint density at radius 1 is 1.18 bits per heavy atom. The molecule has 1 amide bonds. The summed E-state index contributed by atoms with van der Waals surface area (Å²) in [5, 5.41) is 29.8. The highest BCUT2D eigenvalue weighted by atomic mass is 35.5. The second-order valence-electron chi connectivity index (χ2n) is 9.35. The number of unbranched alkanes of at least 4 members (excludes halogenated alkanes) is 2. The third-order valence-corrected chi connectivity index (χ3v) is 6.03. The summed E-state index contributed by atoms with van der Waals surface area (Å²) in [6.45, 7) is 5.58. The molecular formula is C27H47ClN6O5. The predicted octanol–water partition coefficient (Wildman–Crippen LogP) is 2.14. The summed E-state index contributed by atoms with van der Waals surface area (Å²) in [6, 6.07) is 9.20. The molecule has 39 heavy (non-hydrogen) atoms. The molecule has 0 aromatic heterocycles. The van der Waals surface area contributed by atoms with Crippen LogP contribution in [0.1, 0.15) is 70.8 Å². The van der Waals surface area contributed by atoms with Crippen LogP contribution in [0.4, 0.5) is 0 Å². The lowest BCUT2D eigenvalue weighted by Gasteiger charge is -2.34. The van der Waals surface area contributed by atoms with Crippen LogP contribution in [-0.4, -0.2) is 76.1 Å². The van der Waals surface area contributed by atoms with Crippen molar-refractivity contribution in [3.63, 3.8) is 0 Å². The molecule has 1 unspecified atom stereocenters. The number of carbonyl (C=O) groups is 3. The minimum absolute atomic E-state index is 0.162. The lowest BCUT2D eigenvalue weighted by Crippen LogP contribution is -2.64. The summed E-state index contributed by atoms with van der Waals surface area (Å²) in [5.74, 6) is -1.67. The second-order valence-corrected chi connectivity index (χ2v) is 9.88. The SMILES string of the molecule is CC(=O)Cl.CCCCCN1CCC[C@@]1(N)C(=O)NC(CCCNC(=N)N)C(=O)O.OCCCc1ccccc1. The van der Waals surface area contributed by atoms with E-state index in [9.17, 15) is 19.5 Å². The Kier molecular flexibility index (Phi) is 19.7. The first-order chi connectivity index (χ1) is 18.5. The number of benzene rings is 1. The molecule has 0 bridgehead atoms. The molecule has 0 radical (unpaired) electrons. The molecule has 9 N–H and O–H groups in total. The first-order valence-corrected chi connectivity index (χ1v) is 13.8. The van der Waals surface area contributed by atoms with Gasteiger partial charge in [0.2, 0.25) is 5.24 Å². The van der Waals surface area contributed by atoms with Crippen LogP contribution >= 0.6 is 11.6 Å². The van der Waals surface area contributed by atoms with E-state index in [-0.39, 0.29) is 24.2 Å². The molecule has 1 aliphatic heterocycles.